The summed E-state index contributed by atoms with van der Waals surface area (Å²) < 4.78 is 6.69. The van der Waals surface area contributed by atoms with E-state index in [2.05, 4.69) is 25.8 Å². The third-order valence-corrected chi connectivity index (χ3v) is 4.77. The minimum atomic E-state index is -0.652. The minimum absolute atomic E-state index is 0.257. The number of carbonyl (C=O) groups excluding carboxylic acids is 2. The van der Waals surface area contributed by atoms with Crippen molar-refractivity contribution in [2.45, 2.75) is 27.3 Å². The number of aromatic nitrogens is 6. The average Bonchev–Trinajstić information content (AvgIpc) is 3.40. The van der Waals surface area contributed by atoms with E-state index in [1.807, 2.05) is 69.3 Å². The van der Waals surface area contributed by atoms with E-state index in [9.17, 15) is 9.59 Å². The molecule has 0 fully saturated rings. The second-order valence-corrected chi connectivity index (χ2v) is 7.64. The number of carbonyl (C=O) groups is 2. The van der Waals surface area contributed by atoms with Crippen molar-refractivity contribution < 1.29 is 14.3 Å². The Balaban J connectivity index is 1.32. The molecule has 0 aliphatic rings. The number of rotatable bonds is 7. The molecule has 2 heterocycles. The van der Waals surface area contributed by atoms with Gasteiger partial charge in [-0.05, 0) is 38.1 Å². The lowest BCUT2D eigenvalue weighted by Gasteiger charge is -2.09. The molecule has 0 bridgehead atoms. The number of hydrogen-bond acceptors (Lipinski definition) is 7. The smallest absolute Gasteiger partial charge is 0.330 e. The van der Waals surface area contributed by atoms with Gasteiger partial charge in [0.15, 0.2) is 13.2 Å². The molecule has 0 saturated carbocycles. The van der Waals surface area contributed by atoms with Crippen LogP contribution in [0.4, 0.5) is 5.82 Å². The van der Waals surface area contributed by atoms with Gasteiger partial charge in [0.25, 0.3) is 5.91 Å². The number of esters is 1. The molecule has 10 nitrogen and oxygen atoms in total. The number of hydrogen-bond donors (Lipinski definition) is 1. The fourth-order valence-electron chi connectivity index (χ4n) is 3.09. The molecular formula is C23H23N7O3. The molecule has 4 rings (SSSR count). The molecule has 1 N–H and O–H groups in total. The van der Waals surface area contributed by atoms with Crippen LogP contribution in [0.3, 0.4) is 0 Å². The van der Waals surface area contributed by atoms with Gasteiger partial charge >= 0.3 is 5.97 Å². The quantitative estimate of drug-likeness (QED) is 0.435. The second-order valence-electron chi connectivity index (χ2n) is 7.64. The van der Waals surface area contributed by atoms with Crippen LogP contribution >= 0.6 is 0 Å². The van der Waals surface area contributed by atoms with Crippen LogP contribution in [0.2, 0.25) is 0 Å². The van der Waals surface area contributed by atoms with Gasteiger partial charge in [-0.25, -0.2) is 9.48 Å². The fraction of sp³-hybridized carbons (Fsp3) is 0.217. The maximum absolute atomic E-state index is 12.4. The number of benzene rings is 2. The van der Waals surface area contributed by atoms with E-state index in [0.29, 0.717) is 11.6 Å². The van der Waals surface area contributed by atoms with Crippen molar-refractivity contribution in [1.82, 2.24) is 30.0 Å². The monoisotopic (exact) mass is 445 g/mol. The number of amides is 1. The Kier molecular flexibility index (Phi) is 6.25. The Hall–Kier alpha value is -4.34. The first kappa shape index (κ1) is 21.9. The second kappa shape index (κ2) is 9.43. The molecule has 0 aliphatic heterocycles. The first-order valence-corrected chi connectivity index (χ1v) is 10.3. The fourth-order valence-corrected chi connectivity index (χ4v) is 3.09. The molecule has 2 aromatic heterocycles. The van der Waals surface area contributed by atoms with E-state index in [4.69, 9.17) is 4.74 Å². The highest BCUT2D eigenvalue weighted by atomic mass is 16.5. The zero-order chi connectivity index (χ0) is 23.4. The first-order chi connectivity index (χ1) is 15.9. The van der Waals surface area contributed by atoms with Crippen molar-refractivity contribution in [3.05, 3.63) is 71.4 Å². The summed E-state index contributed by atoms with van der Waals surface area (Å²) in [5.41, 5.74) is 4.57. The topological polar surface area (TPSA) is 117 Å². The van der Waals surface area contributed by atoms with Gasteiger partial charge in [0.1, 0.15) is 5.82 Å². The molecule has 0 saturated heterocycles. The van der Waals surface area contributed by atoms with Gasteiger partial charge in [-0.2, -0.15) is 9.90 Å². The molecule has 0 atom stereocenters. The van der Waals surface area contributed by atoms with Gasteiger partial charge in [-0.3, -0.25) is 4.79 Å². The molecule has 0 aliphatic carbocycles. The van der Waals surface area contributed by atoms with Gasteiger partial charge in [0.2, 0.25) is 5.82 Å². The number of aryl methyl sites for hydroxylation is 3. The predicted molar refractivity (Wildman–Crippen MR) is 121 cm³/mol. The highest BCUT2D eigenvalue weighted by molar-refractivity contribution is 5.92. The molecule has 1 amide bonds. The minimum Gasteiger partial charge on any atom is -0.454 e. The summed E-state index contributed by atoms with van der Waals surface area (Å²) >= 11 is 0. The van der Waals surface area contributed by atoms with Crippen LogP contribution in [0, 0.1) is 20.8 Å². The lowest BCUT2D eigenvalue weighted by molar-refractivity contribution is -0.148. The predicted octanol–water partition coefficient (Wildman–Crippen LogP) is 2.63. The van der Waals surface area contributed by atoms with Crippen molar-refractivity contribution in [2.24, 2.45) is 0 Å². The number of nitrogens with zero attached hydrogens (tertiary/aromatic N) is 6. The zero-order valence-corrected chi connectivity index (χ0v) is 18.5. The van der Waals surface area contributed by atoms with E-state index in [1.165, 1.54) is 0 Å². The molecule has 10 heteroatoms. The third kappa shape index (κ3) is 5.48. The normalized spacial score (nSPS) is 10.8. The lowest BCUT2D eigenvalue weighted by Crippen LogP contribution is -2.24. The van der Waals surface area contributed by atoms with Crippen LogP contribution in [-0.2, 0) is 20.9 Å². The summed E-state index contributed by atoms with van der Waals surface area (Å²) in [7, 11) is 0. The molecule has 4 aromatic rings. The standard InChI is InChI=1S/C23H23N7O3/c1-15-4-8-18(9-5-15)23-25-28-29(27-23)13-22(32)33-14-21(31)24-20-12-17(3)26-30(20)19-10-6-16(2)7-11-19/h4-12H,13-14H2,1-3H3,(H,24,31). The van der Waals surface area contributed by atoms with E-state index >= 15 is 0 Å². The van der Waals surface area contributed by atoms with Gasteiger partial charge in [-0.15, -0.1) is 10.2 Å². The summed E-state index contributed by atoms with van der Waals surface area (Å²) in [6, 6.07) is 17.1. The number of ether oxygens (including phenoxy) is 1. The van der Waals surface area contributed by atoms with E-state index in [0.717, 1.165) is 32.9 Å². The summed E-state index contributed by atoms with van der Waals surface area (Å²) in [5, 5.41) is 19.1. The van der Waals surface area contributed by atoms with Crippen molar-refractivity contribution in [3.63, 3.8) is 0 Å². The maximum atomic E-state index is 12.4. The molecule has 0 unspecified atom stereocenters. The Labute approximate surface area is 190 Å². The van der Waals surface area contributed by atoms with Gasteiger partial charge < -0.3 is 10.1 Å². The van der Waals surface area contributed by atoms with Crippen molar-refractivity contribution in [1.29, 1.82) is 0 Å². The molecular weight excluding hydrogens is 422 g/mol. The van der Waals surface area contributed by atoms with E-state index in [1.54, 1.807) is 10.7 Å². The summed E-state index contributed by atoms with van der Waals surface area (Å²) in [6.07, 6.45) is 0. The summed E-state index contributed by atoms with van der Waals surface area (Å²) in [6.45, 7) is 5.10. The van der Waals surface area contributed by atoms with Crippen LogP contribution in [0.5, 0.6) is 0 Å². The van der Waals surface area contributed by atoms with Gasteiger partial charge in [-0.1, -0.05) is 47.5 Å². The van der Waals surface area contributed by atoms with Crippen LogP contribution in [0.15, 0.2) is 54.6 Å². The molecule has 0 radical (unpaired) electrons. The number of anilines is 1. The Bertz CT molecular complexity index is 1270. The average molecular weight is 445 g/mol. The lowest BCUT2D eigenvalue weighted by atomic mass is 10.1. The van der Waals surface area contributed by atoms with Crippen LogP contribution in [-0.4, -0.2) is 48.5 Å². The maximum Gasteiger partial charge on any atom is 0.330 e. The zero-order valence-electron chi connectivity index (χ0n) is 18.5. The SMILES string of the molecule is Cc1ccc(-c2nnn(CC(=O)OCC(=O)Nc3cc(C)nn3-c3ccc(C)cc3)n2)cc1. The van der Waals surface area contributed by atoms with Crippen molar-refractivity contribution in [3.8, 4) is 17.1 Å². The first-order valence-electron chi connectivity index (χ1n) is 10.3. The van der Waals surface area contributed by atoms with Crippen LogP contribution < -0.4 is 5.32 Å². The molecule has 168 valence electrons. The number of nitrogens with one attached hydrogen (secondary N) is 1. The summed E-state index contributed by atoms with van der Waals surface area (Å²) in [5.74, 6) is -0.247. The van der Waals surface area contributed by atoms with E-state index < -0.39 is 18.5 Å². The van der Waals surface area contributed by atoms with Gasteiger partial charge in [0.05, 0.1) is 11.4 Å². The highest BCUT2D eigenvalue weighted by Crippen LogP contribution is 2.18. The Morgan fingerprint density at radius 2 is 1.61 bits per heavy atom. The Morgan fingerprint density at radius 1 is 0.939 bits per heavy atom. The summed E-state index contributed by atoms with van der Waals surface area (Å²) in [4.78, 5) is 25.6. The van der Waals surface area contributed by atoms with Crippen molar-refractivity contribution in [2.75, 3.05) is 11.9 Å². The van der Waals surface area contributed by atoms with Crippen LogP contribution in [0.25, 0.3) is 17.1 Å². The number of tetrazole rings is 1. The Morgan fingerprint density at radius 3 is 2.30 bits per heavy atom. The van der Waals surface area contributed by atoms with E-state index in [-0.39, 0.29) is 6.54 Å². The van der Waals surface area contributed by atoms with Crippen LogP contribution in [0.1, 0.15) is 16.8 Å². The molecule has 0 spiro atoms. The third-order valence-electron chi connectivity index (χ3n) is 4.77. The largest absolute Gasteiger partial charge is 0.454 e. The molecule has 33 heavy (non-hydrogen) atoms. The highest BCUT2D eigenvalue weighted by Gasteiger charge is 2.15. The molecule has 2 aromatic carbocycles. The van der Waals surface area contributed by atoms with Crippen molar-refractivity contribution >= 4 is 17.7 Å². The van der Waals surface area contributed by atoms with Gasteiger partial charge in [0, 0.05) is 11.6 Å².